The van der Waals surface area contributed by atoms with Crippen LogP contribution in [0.15, 0.2) is 48.5 Å². The molecular weight excluding hydrogens is 381 g/mol. The monoisotopic (exact) mass is 397 g/mol. The van der Waals surface area contributed by atoms with Crippen molar-refractivity contribution in [3.63, 3.8) is 0 Å². The van der Waals surface area contributed by atoms with Crippen molar-refractivity contribution in [1.29, 1.82) is 5.26 Å². The van der Waals surface area contributed by atoms with Crippen LogP contribution < -0.4 is 10.6 Å². The Hall–Kier alpha value is -2.81. The molecule has 0 saturated carbocycles. The molecule has 2 aromatic carbocycles. The summed E-state index contributed by atoms with van der Waals surface area (Å²) in [5.41, 5.74) is 2.49. The summed E-state index contributed by atoms with van der Waals surface area (Å²) in [5.74, 6) is 0.855. The van der Waals surface area contributed by atoms with Gasteiger partial charge in [0.15, 0.2) is 0 Å². The van der Waals surface area contributed by atoms with E-state index in [4.69, 9.17) is 23.2 Å². The van der Waals surface area contributed by atoms with Gasteiger partial charge >= 0.3 is 0 Å². The predicted octanol–water partition coefficient (Wildman–Crippen LogP) is 5.89. The molecule has 0 atom stereocenters. The molecule has 0 aliphatic rings. The highest BCUT2D eigenvalue weighted by Crippen LogP contribution is 2.29. The van der Waals surface area contributed by atoms with E-state index in [1.54, 1.807) is 24.3 Å². The fraction of sp³-hybridized carbons (Fsp3) is 0.150. The van der Waals surface area contributed by atoms with Gasteiger partial charge in [-0.15, -0.1) is 0 Å². The third kappa shape index (κ3) is 4.68. The lowest BCUT2D eigenvalue weighted by molar-refractivity contribution is 0.886. The molecule has 0 unspecified atom stereocenters. The van der Waals surface area contributed by atoms with Gasteiger partial charge in [0.2, 0.25) is 5.95 Å². The van der Waals surface area contributed by atoms with Crippen molar-refractivity contribution in [3.8, 4) is 17.3 Å². The zero-order valence-electron chi connectivity index (χ0n) is 14.8. The van der Waals surface area contributed by atoms with Crippen LogP contribution in [0.4, 0.5) is 17.5 Å². The van der Waals surface area contributed by atoms with Gasteiger partial charge in [-0.3, -0.25) is 0 Å². The first-order valence-corrected chi connectivity index (χ1v) is 9.09. The number of halogens is 2. The Labute approximate surface area is 168 Å². The highest BCUT2D eigenvalue weighted by molar-refractivity contribution is 6.30. The standard InChI is InChI=1S/C20H17Cl2N5/c1-12(2)24-19-17(11-23)18(13-3-5-14(21)6-4-13)26-20(27-19)25-16-9-7-15(22)8-10-16/h3-10,12H,1-2H3,(H2,24,25,26,27). The molecule has 0 bridgehead atoms. The van der Waals surface area contributed by atoms with Gasteiger partial charge in [0.1, 0.15) is 17.5 Å². The van der Waals surface area contributed by atoms with Crippen LogP contribution in [0.2, 0.25) is 10.0 Å². The topological polar surface area (TPSA) is 73.6 Å². The fourth-order valence-electron chi connectivity index (χ4n) is 2.48. The molecule has 3 rings (SSSR count). The number of hydrogen-bond acceptors (Lipinski definition) is 5. The molecule has 2 N–H and O–H groups in total. The molecule has 0 aliphatic carbocycles. The van der Waals surface area contributed by atoms with E-state index in [0.29, 0.717) is 33.1 Å². The second kappa shape index (κ2) is 8.26. The molecule has 7 heteroatoms. The average molecular weight is 398 g/mol. The molecule has 0 aliphatic heterocycles. The third-order valence-corrected chi connectivity index (χ3v) is 4.17. The molecule has 1 aromatic heterocycles. The van der Waals surface area contributed by atoms with Gasteiger partial charge in [0.25, 0.3) is 0 Å². The van der Waals surface area contributed by atoms with Crippen molar-refractivity contribution in [2.45, 2.75) is 19.9 Å². The van der Waals surface area contributed by atoms with Crippen molar-refractivity contribution < 1.29 is 0 Å². The second-order valence-electron chi connectivity index (χ2n) is 6.17. The Morgan fingerprint density at radius 3 is 2.07 bits per heavy atom. The molecule has 3 aromatic rings. The molecule has 0 saturated heterocycles. The normalized spacial score (nSPS) is 10.5. The summed E-state index contributed by atoms with van der Waals surface area (Å²) in [5, 5.41) is 17.4. The maximum absolute atomic E-state index is 9.71. The van der Waals surface area contributed by atoms with Crippen LogP contribution in [0, 0.1) is 11.3 Å². The van der Waals surface area contributed by atoms with Gasteiger partial charge < -0.3 is 10.6 Å². The van der Waals surface area contributed by atoms with Crippen LogP contribution in [0.5, 0.6) is 0 Å². The lowest BCUT2D eigenvalue weighted by Crippen LogP contribution is -2.14. The van der Waals surface area contributed by atoms with E-state index in [-0.39, 0.29) is 6.04 Å². The Balaban J connectivity index is 2.10. The largest absolute Gasteiger partial charge is 0.367 e. The summed E-state index contributed by atoms with van der Waals surface area (Å²) in [7, 11) is 0. The maximum Gasteiger partial charge on any atom is 0.229 e. The van der Waals surface area contributed by atoms with E-state index >= 15 is 0 Å². The first kappa shape index (κ1) is 19.0. The molecule has 136 valence electrons. The van der Waals surface area contributed by atoms with Crippen LogP contribution in [0.25, 0.3) is 11.3 Å². The molecule has 0 radical (unpaired) electrons. The minimum absolute atomic E-state index is 0.105. The van der Waals surface area contributed by atoms with Gasteiger partial charge in [0.05, 0.1) is 5.69 Å². The van der Waals surface area contributed by atoms with Crippen LogP contribution in [0.1, 0.15) is 19.4 Å². The van der Waals surface area contributed by atoms with Gasteiger partial charge in [-0.25, -0.2) is 4.98 Å². The van der Waals surface area contributed by atoms with Gasteiger partial charge in [-0.1, -0.05) is 35.3 Å². The lowest BCUT2D eigenvalue weighted by atomic mass is 10.1. The summed E-state index contributed by atoms with van der Waals surface area (Å²) < 4.78 is 0. The molecule has 5 nitrogen and oxygen atoms in total. The van der Waals surface area contributed by atoms with Crippen LogP contribution in [-0.4, -0.2) is 16.0 Å². The van der Waals surface area contributed by atoms with E-state index in [9.17, 15) is 5.26 Å². The second-order valence-corrected chi connectivity index (χ2v) is 7.04. The van der Waals surface area contributed by atoms with E-state index in [0.717, 1.165) is 11.3 Å². The Bertz CT molecular complexity index is 977. The summed E-state index contributed by atoms with van der Waals surface area (Å²) in [4.78, 5) is 9.06. The smallest absolute Gasteiger partial charge is 0.229 e. The minimum Gasteiger partial charge on any atom is -0.367 e. The average Bonchev–Trinajstić information content (AvgIpc) is 2.63. The van der Waals surface area contributed by atoms with Gasteiger partial charge in [-0.05, 0) is 50.2 Å². The Morgan fingerprint density at radius 2 is 1.52 bits per heavy atom. The SMILES string of the molecule is CC(C)Nc1nc(Nc2ccc(Cl)cc2)nc(-c2ccc(Cl)cc2)c1C#N. The molecule has 0 amide bonds. The number of aromatic nitrogens is 2. The number of rotatable bonds is 5. The first-order valence-electron chi connectivity index (χ1n) is 8.33. The van der Waals surface area contributed by atoms with E-state index in [1.165, 1.54) is 0 Å². The minimum atomic E-state index is 0.105. The summed E-state index contributed by atoms with van der Waals surface area (Å²) in [6, 6.07) is 16.7. The van der Waals surface area contributed by atoms with Crippen LogP contribution in [-0.2, 0) is 0 Å². The summed E-state index contributed by atoms with van der Waals surface area (Å²) >= 11 is 11.9. The molecule has 27 heavy (non-hydrogen) atoms. The molecule has 0 fully saturated rings. The third-order valence-electron chi connectivity index (χ3n) is 3.66. The van der Waals surface area contributed by atoms with Crippen molar-refractivity contribution >= 4 is 40.7 Å². The number of nitriles is 1. The van der Waals surface area contributed by atoms with Crippen molar-refractivity contribution in [2.24, 2.45) is 0 Å². The number of hydrogen-bond donors (Lipinski definition) is 2. The van der Waals surface area contributed by atoms with E-state index in [2.05, 4.69) is 26.7 Å². The van der Waals surface area contributed by atoms with Crippen molar-refractivity contribution in [1.82, 2.24) is 9.97 Å². The molecular formula is C20H17Cl2N5. The highest BCUT2D eigenvalue weighted by atomic mass is 35.5. The predicted molar refractivity (Wildman–Crippen MR) is 111 cm³/mol. The van der Waals surface area contributed by atoms with Crippen LogP contribution >= 0.6 is 23.2 Å². The zero-order valence-corrected chi connectivity index (χ0v) is 16.3. The Kier molecular flexibility index (Phi) is 5.80. The van der Waals surface area contributed by atoms with Gasteiger partial charge in [-0.2, -0.15) is 10.2 Å². The molecule has 0 spiro atoms. The summed E-state index contributed by atoms with van der Waals surface area (Å²) in [6.45, 7) is 3.97. The fourth-order valence-corrected chi connectivity index (χ4v) is 2.73. The number of nitrogens with one attached hydrogen (secondary N) is 2. The zero-order chi connectivity index (χ0) is 19.4. The van der Waals surface area contributed by atoms with Crippen molar-refractivity contribution in [2.75, 3.05) is 10.6 Å². The van der Waals surface area contributed by atoms with Crippen molar-refractivity contribution in [3.05, 3.63) is 64.1 Å². The number of anilines is 3. The first-order chi connectivity index (χ1) is 13.0. The number of benzene rings is 2. The van der Waals surface area contributed by atoms with E-state index in [1.807, 2.05) is 38.1 Å². The maximum atomic E-state index is 9.71. The van der Waals surface area contributed by atoms with Crippen LogP contribution in [0.3, 0.4) is 0 Å². The quantitative estimate of drug-likeness (QED) is 0.561. The van der Waals surface area contributed by atoms with E-state index < -0.39 is 0 Å². The highest BCUT2D eigenvalue weighted by Gasteiger charge is 2.17. The molecule has 1 heterocycles. The summed E-state index contributed by atoms with van der Waals surface area (Å²) in [6.07, 6.45) is 0. The lowest BCUT2D eigenvalue weighted by Gasteiger charge is -2.15. The number of nitrogens with zero attached hydrogens (tertiary/aromatic N) is 3. The Morgan fingerprint density at radius 1 is 0.926 bits per heavy atom. The van der Waals surface area contributed by atoms with Gasteiger partial charge in [0, 0.05) is 27.3 Å².